The minimum absolute atomic E-state index is 0.00301. The van der Waals surface area contributed by atoms with Gasteiger partial charge in [0.05, 0.1) is 16.6 Å². The zero-order chi connectivity index (χ0) is 9.97. The van der Waals surface area contributed by atoms with Gasteiger partial charge in [-0.1, -0.05) is 0 Å². The Morgan fingerprint density at radius 3 is 3.21 bits per heavy atom. The third-order valence-corrected chi connectivity index (χ3v) is 2.39. The third-order valence-electron chi connectivity index (χ3n) is 1.82. The molecule has 0 radical (unpaired) electrons. The van der Waals surface area contributed by atoms with Crippen molar-refractivity contribution in [3.05, 3.63) is 22.9 Å². The molecule has 4 nitrogen and oxygen atoms in total. The van der Waals surface area contributed by atoms with Crippen LogP contribution in [0.15, 0.2) is 22.9 Å². The van der Waals surface area contributed by atoms with Crippen LogP contribution in [0.25, 0.3) is 11.0 Å². The molecule has 74 valence electrons. The summed E-state index contributed by atoms with van der Waals surface area (Å²) in [5, 5.41) is 8.68. The number of ether oxygens (including phenoxy) is 1. The quantitative estimate of drug-likeness (QED) is 0.879. The molecule has 0 unspecified atom stereocenters. The van der Waals surface area contributed by atoms with Crippen molar-refractivity contribution in [2.24, 2.45) is 0 Å². The summed E-state index contributed by atoms with van der Waals surface area (Å²) >= 11 is 3.34. The summed E-state index contributed by atoms with van der Waals surface area (Å²) in [6.07, 6.45) is 3.48. The number of aromatic nitrogens is 2. The lowest BCUT2D eigenvalue weighted by atomic mass is 10.3. The van der Waals surface area contributed by atoms with Gasteiger partial charge in [0.15, 0.2) is 5.75 Å². The van der Waals surface area contributed by atoms with E-state index in [4.69, 9.17) is 9.84 Å². The Morgan fingerprint density at radius 1 is 1.57 bits per heavy atom. The molecule has 5 heteroatoms. The van der Waals surface area contributed by atoms with Crippen LogP contribution in [0.4, 0.5) is 0 Å². The number of fused-ring (bicyclic) bond motifs is 1. The Balaban J connectivity index is 2.47. The van der Waals surface area contributed by atoms with Crippen molar-refractivity contribution in [1.29, 1.82) is 0 Å². The van der Waals surface area contributed by atoms with E-state index >= 15 is 0 Å². The molecule has 2 heterocycles. The number of pyridine rings is 1. The molecule has 2 aromatic heterocycles. The molecule has 0 aliphatic rings. The number of halogens is 1. The van der Waals surface area contributed by atoms with Gasteiger partial charge in [-0.25, -0.2) is 0 Å². The van der Waals surface area contributed by atoms with Crippen molar-refractivity contribution in [2.75, 3.05) is 13.2 Å². The Labute approximate surface area is 89.0 Å². The zero-order valence-corrected chi connectivity index (χ0v) is 8.91. The van der Waals surface area contributed by atoms with Crippen molar-refractivity contribution in [3.8, 4) is 5.75 Å². The summed E-state index contributed by atoms with van der Waals surface area (Å²) in [6, 6.07) is 1.87. The lowest BCUT2D eigenvalue weighted by molar-refractivity contribution is 0.202. The number of aromatic amines is 1. The molecule has 0 aromatic carbocycles. The standard InChI is InChI=1S/C9H9BrN2O2/c10-6-5-12-7-1-2-11-8(7)9(6)14-4-3-13/h1-2,5,11,13H,3-4H2. The summed E-state index contributed by atoms with van der Waals surface area (Å²) in [5.74, 6) is 0.689. The molecule has 0 aliphatic carbocycles. The van der Waals surface area contributed by atoms with E-state index in [2.05, 4.69) is 25.9 Å². The molecule has 0 bridgehead atoms. The first kappa shape index (κ1) is 9.48. The topological polar surface area (TPSA) is 58.1 Å². The maximum absolute atomic E-state index is 8.68. The number of H-pyrrole nitrogens is 1. The van der Waals surface area contributed by atoms with Gasteiger partial charge in [-0.3, -0.25) is 4.98 Å². The molecule has 0 amide bonds. The Hall–Kier alpha value is -1.07. The van der Waals surface area contributed by atoms with E-state index in [9.17, 15) is 0 Å². The molecular formula is C9H9BrN2O2. The van der Waals surface area contributed by atoms with Crippen molar-refractivity contribution in [1.82, 2.24) is 9.97 Å². The largest absolute Gasteiger partial charge is 0.488 e. The van der Waals surface area contributed by atoms with Crippen LogP contribution in [0.1, 0.15) is 0 Å². The summed E-state index contributed by atoms with van der Waals surface area (Å²) in [7, 11) is 0. The van der Waals surface area contributed by atoms with Gasteiger partial charge < -0.3 is 14.8 Å². The monoisotopic (exact) mass is 256 g/mol. The highest BCUT2D eigenvalue weighted by atomic mass is 79.9. The van der Waals surface area contributed by atoms with Crippen LogP contribution < -0.4 is 4.74 Å². The van der Waals surface area contributed by atoms with Crippen LogP contribution in [0.3, 0.4) is 0 Å². The first-order chi connectivity index (χ1) is 6.83. The first-order valence-corrected chi connectivity index (χ1v) is 4.97. The molecule has 0 saturated heterocycles. The van der Waals surface area contributed by atoms with E-state index in [-0.39, 0.29) is 13.2 Å². The van der Waals surface area contributed by atoms with Gasteiger partial charge in [-0.2, -0.15) is 0 Å². The third kappa shape index (κ3) is 1.60. The van der Waals surface area contributed by atoms with Crippen LogP contribution in [0.2, 0.25) is 0 Å². The highest BCUT2D eigenvalue weighted by Gasteiger charge is 2.08. The number of aliphatic hydroxyl groups is 1. The van der Waals surface area contributed by atoms with E-state index in [0.29, 0.717) is 5.75 Å². The van der Waals surface area contributed by atoms with Gasteiger partial charge in [0, 0.05) is 12.4 Å². The van der Waals surface area contributed by atoms with Crippen LogP contribution in [0, 0.1) is 0 Å². The molecule has 0 atom stereocenters. The molecular weight excluding hydrogens is 248 g/mol. The summed E-state index contributed by atoms with van der Waals surface area (Å²) in [6.45, 7) is 0.272. The maximum Gasteiger partial charge on any atom is 0.160 e. The predicted octanol–water partition coefficient (Wildman–Crippen LogP) is 1.70. The molecule has 0 aliphatic heterocycles. The second kappa shape index (κ2) is 3.98. The van der Waals surface area contributed by atoms with Gasteiger partial charge in [0.25, 0.3) is 0 Å². The van der Waals surface area contributed by atoms with E-state index in [1.54, 1.807) is 12.4 Å². The van der Waals surface area contributed by atoms with Crippen LogP contribution in [-0.2, 0) is 0 Å². The van der Waals surface area contributed by atoms with Gasteiger partial charge in [0.2, 0.25) is 0 Å². The van der Waals surface area contributed by atoms with Crippen molar-refractivity contribution < 1.29 is 9.84 Å². The number of rotatable bonds is 3. The summed E-state index contributed by atoms with van der Waals surface area (Å²) in [4.78, 5) is 7.23. The maximum atomic E-state index is 8.68. The van der Waals surface area contributed by atoms with Crippen molar-refractivity contribution >= 4 is 27.0 Å². The lowest BCUT2D eigenvalue weighted by Crippen LogP contribution is -2.02. The Bertz CT molecular complexity index is 441. The molecule has 2 N–H and O–H groups in total. The van der Waals surface area contributed by atoms with Crippen molar-refractivity contribution in [2.45, 2.75) is 0 Å². The van der Waals surface area contributed by atoms with Crippen LogP contribution in [-0.4, -0.2) is 28.3 Å². The summed E-state index contributed by atoms with van der Waals surface area (Å²) < 4.78 is 6.17. The smallest absolute Gasteiger partial charge is 0.160 e. The first-order valence-electron chi connectivity index (χ1n) is 4.18. The van der Waals surface area contributed by atoms with Crippen LogP contribution in [0.5, 0.6) is 5.75 Å². The van der Waals surface area contributed by atoms with E-state index in [1.807, 2.05) is 6.07 Å². The fraction of sp³-hybridized carbons (Fsp3) is 0.222. The zero-order valence-electron chi connectivity index (χ0n) is 7.33. The Morgan fingerprint density at radius 2 is 2.43 bits per heavy atom. The normalized spacial score (nSPS) is 10.7. The average Bonchev–Trinajstić information content (AvgIpc) is 2.64. The average molecular weight is 257 g/mol. The molecule has 14 heavy (non-hydrogen) atoms. The molecule has 0 saturated carbocycles. The summed E-state index contributed by atoms with van der Waals surface area (Å²) in [5.41, 5.74) is 1.69. The van der Waals surface area contributed by atoms with Gasteiger partial charge in [-0.05, 0) is 22.0 Å². The number of nitrogens with zero attached hydrogens (tertiary/aromatic N) is 1. The van der Waals surface area contributed by atoms with E-state index < -0.39 is 0 Å². The fourth-order valence-corrected chi connectivity index (χ4v) is 1.66. The second-order valence-corrected chi connectivity index (χ2v) is 3.60. The fourth-order valence-electron chi connectivity index (χ4n) is 1.24. The van der Waals surface area contributed by atoms with Gasteiger partial charge in [-0.15, -0.1) is 0 Å². The van der Waals surface area contributed by atoms with Gasteiger partial charge in [0.1, 0.15) is 12.1 Å². The highest BCUT2D eigenvalue weighted by Crippen LogP contribution is 2.30. The van der Waals surface area contributed by atoms with Gasteiger partial charge >= 0.3 is 0 Å². The Kier molecular flexibility index (Phi) is 2.69. The number of nitrogens with one attached hydrogen (secondary N) is 1. The minimum atomic E-state index is -0.00301. The molecule has 2 aromatic rings. The minimum Gasteiger partial charge on any atom is -0.488 e. The van der Waals surface area contributed by atoms with Crippen LogP contribution >= 0.6 is 15.9 Å². The number of hydrogen-bond acceptors (Lipinski definition) is 3. The van der Waals surface area contributed by atoms with E-state index in [0.717, 1.165) is 15.5 Å². The molecule has 2 rings (SSSR count). The SMILES string of the molecule is OCCOc1c(Br)cnc2cc[nH]c12. The molecule has 0 spiro atoms. The second-order valence-electron chi connectivity index (χ2n) is 2.75. The lowest BCUT2D eigenvalue weighted by Gasteiger charge is -2.06. The van der Waals surface area contributed by atoms with E-state index in [1.165, 1.54) is 0 Å². The highest BCUT2D eigenvalue weighted by molar-refractivity contribution is 9.10. The van der Waals surface area contributed by atoms with Crippen molar-refractivity contribution in [3.63, 3.8) is 0 Å². The predicted molar refractivity (Wildman–Crippen MR) is 56.4 cm³/mol. The number of hydrogen-bond donors (Lipinski definition) is 2. The number of aliphatic hydroxyl groups excluding tert-OH is 1. The molecule has 0 fully saturated rings.